The van der Waals surface area contributed by atoms with E-state index in [0.29, 0.717) is 18.7 Å². The SMILES string of the molecule is CCCCc1noc(C2CCC(C(=O)O)C2)n1. The summed E-state index contributed by atoms with van der Waals surface area (Å²) in [6.45, 7) is 2.12. The van der Waals surface area contributed by atoms with Crippen LogP contribution in [0, 0.1) is 5.92 Å². The molecule has 1 N–H and O–H groups in total. The molecule has 0 aromatic carbocycles. The van der Waals surface area contributed by atoms with Crippen LogP contribution < -0.4 is 0 Å². The van der Waals surface area contributed by atoms with Gasteiger partial charge in [-0.15, -0.1) is 0 Å². The van der Waals surface area contributed by atoms with Crippen molar-refractivity contribution in [2.24, 2.45) is 5.92 Å². The van der Waals surface area contributed by atoms with E-state index in [-0.39, 0.29) is 11.8 Å². The summed E-state index contributed by atoms with van der Waals surface area (Å²) in [4.78, 5) is 15.2. The number of carboxylic acid groups (broad SMARTS) is 1. The van der Waals surface area contributed by atoms with Crippen LogP contribution in [0.4, 0.5) is 0 Å². The van der Waals surface area contributed by atoms with Crippen LogP contribution in [-0.4, -0.2) is 21.2 Å². The topological polar surface area (TPSA) is 76.2 Å². The van der Waals surface area contributed by atoms with Gasteiger partial charge in [-0.1, -0.05) is 18.5 Å². The average molecular weight is 238 g/mol. The molecule has 94 valence electrons. The van der Waals surface area contributed by atoms with Gasteiger partial charge in [-0.05, 0) is 25.7 Å². The normalized spacial score (nSPS) is 24.1. The van der Waals surface area contributed by atoms with Crippen molar-refractivity contribution >= 4 is 5.97 Å². The van der Waals surface area contributed by atoms with Crippen LogP contribution in [-0.2, 0) is 11.2 Å². The van der Waals surface area contributed by atoms with Gasteiger partial charge in [0.25, 0.3) is 0 Å². The molecule has 2 rings (SSSR count). The predicted molar refractivity (Wildman–Crippen MR) is 60.6 cm³/mol. The van der Waals surface area contributed by atoms with E-state index in [0.717, 1.165) is 31.5 Å². The Bertz CT molecular complexity index is 389. The third-order valence-electron chi connectivity index (χ3n) is 3.37. The van der Waals surface area contributed by atoms with E-state index in [1.165, 1.54) is 0 Å². The van der Waals surface area contributed by atoms with Crippen molar-refractivity contribution < 1.29 is 14.4 Å². The number of aryl methyl sites for hydroxylation is 1. The summed E-state index contributed by atoms with van der Waals surface area (Å²) < 4.78 is 5.22. The smallest absolute Gasteiger partial charge is 0.306 e. The van der Waals surface area contributed by atoms with E-state index >= 15 is 0 Å². The summed E-state index contributed by atoms with van der Waals surface area (Å²) in [6, 6.07) is 0. The van der Waals surface area contributed by atoms with Crippen LogP contribution in [0.1, 0.15) is 56.7 Å². The molecule has 1 fully saturated rings. The maximum Gasteiger partial charge on any atom is 0.306 e. The molecular weight excluding hydrogens is 220 g/mol. The lowest BCUT2D eigenvalue weighted by Crippen LogP contribution is -2.09. The standard InChI is InChI=1S/C12H18N2O3/c1-2-3-4-10-13-11(17-14-10)8-5-6-9(7-8)12(15)16/h8-9H,2-7H2,1H3,(H,15,16). The third-order valence-corrected chi connectivity index (χ3v) is 3.37. The maximum atomic E-state index is 10.9. The first-order chi connectivity index (χ1) is 8.20. The number of unbranched alkanes of at least 4 members (excludes halogenated alkanes) is 1. The second kappa shape index (κ2) is 5.29. The molecule has 1 aliphatic carbocycles. The zero-order valence-electron chi connectivity index (χ0n) is 10.1. The Hall–Kier alpha value is -1.39. The van der Waals surface area contributed by atoms with E-state index in [4.69, 9.17) is 9.63 Å². The number of nitrogens with zero attached hydrogens (tertiary/aromatic N) is 2. The van der Waals surface area contributed by atoms with E-state index in [1.807, 2.05) is 0 Å². The monoisotopic (exact) mass is 238 g/mol. The number of hydrogen-bond donors (Lipinski definition) is 1. The number of carboxylic acids is 1. The summed E-state index contributed by atoms with van der Waals surface area (Å²) in [5, 5.41) is 12.9. The molecule has 1 saturated carbocycles. The minimum atomic E-state index is -0.710. The highest BCUT2D eigenvalue weighted by molar-refractivity contribution is 5.70. The molecule has 2 atom stereocenters. The minimum absolute atomic E-state index is 0.138. The number of carbonyl (C=O) groups is 1. The van der Waals surface area contributed by atoms with Gasteiger partial charge in [-0.25, -0.2) is 0 Å². The van der Waals surface area contributed by atoms with Crippen LogP contribution in [0.3, 0.4) is 0 Å². The fourth-order valence-electron chi connectivity index (χ4n) is 2.30. The molecule has 1 aromatic heterocycles. The largest absolute Gasteiger partial charge is 0.481 e. The van der Waals surface area contributed by atoms with E-state index in [2.05, 4.69) is 17.1 Å². The summed E-state index contributed by atoms with van der Waals surface area (Å²) in [6.07, 6.45) is 5.19. The van der Waals surface area contributed by atoms with Crippen LogP contribution in [0.2, 0.25) is 0 Å². The van der Waals surface area contributed by atoms with E-state index in [9.17, 15) is 4.79 Å². The molecule has 0 aliphatic heterocycles. The van der Waals surface area contributed by atoms with Gasteiger partial charge in [-0.2, -0.15) is 4.98 Å². The molecule has 0 spiro atoms. The average Bonchev–Trinajstić information content (AvgIpc) is 2.94. The fraction of sp³-hybridized carbons (Fsp3) is 0.750. The summed E-state index contributed by atoms with van der Waals surface area (Å²) in [5.41, 5.74) is 0. The van der Waals surface area contributed by atoms with Crippen molar-refractivity contribution in [1.29, 1.82) is 0 Å². The Morgan fingerprint density at radius 1 is 1.53 bits per heavy atom. The molecule has 0 saturated heterocycles. The van der Waals surface area contributed by atoms with Crippen molar-refractivity contribution in [3.8, 4) is 0 Å². The second-order valence-electron chi connectivity index (χ2n) is 4.70. The van der Waals surface area contributed by atoms with Crippen molar-refractivity contribution in [3.63, 3.8) is 0 Å². The van der Waals surface area contributed by atoms with Gasteiger partial charge in [0, 0.05) is 12.3 Å². The quantitative estimate of drug-likeness (QED) is 0.852. The minimum Gasteiger partial charge on any atom is -0.481 e. The molecule has 0 amide bonds. The molecule has 1 heterocycles. The Labute approximate surface area is 100 Å². The van der Waals surface area contributed by atoms with Gasteiger partial charge in [-0.3, -0.25) is 4.79 Å². The molecule has 5 nitrogen and oxygen atoms in total. The molecule has 2 unspecified atom stereocenters. The molecule has 17 heavy (non-hydrogen) atoms. The third kappa shape index (κ3) is 2.84. The van der Waals surface area contributed by atoms with Gasteiger partial charge in [0.15, 0.2) is 5.82 Å². The van der Waals surface area contributed by atoms with Crippen LogP contribution in [0.25, 0.3) is 0 Å². The first kappa shape index (κ1) is 12.1. The zero-order valence-corrected chi connectivity index (χ0v) is 10.1. The molecule has 0 radical (unpaired) electrons. The van der Waals surface area contributed by atoms with Gasteiger partial charge in [0.05, 0.1) is 5.92 Å². The number of aliphatic carboxylic acids is 1. The van der Waals surface area contributed by atoms with Crippen molar-refractivity contribution in [1.82, 2.24) is 10.1 Å². The summed E-state index contributed by atoms with van der Waals surface area (Å²) >= 11 is 0. The lowest BCUT2D eigenvalue weighted by Gasteiger charge is -2.02. The zero-order chi connectivity index (χ0) is 12.3. The number of hydrogen-bond acceptors (Lipinski definition) is 4. The Balaban J connectivity index is 1.94. The lowest BCUT2D eigenvalue weighted by atomic mass is 10.1. The van der Waals surface area contributed by atoms with Gasteiger partial charge >= 0.3 is 5.97 Å². The Kier molecular flexibility index (Phi) is 3.76. The van der Waals surface area contributed by atoms with E-state index < -0.39 is 5.97 Å². The van der Waals surface area contributed by atoms with E-state index in [1.54, 1.807) is 0 Å². The Morgan fingerprint density at radius 2 is 2.35 bits per heavy atom. The van der Waals surface area contributed by atoms with Gasteiger partial charge in [0.1, 0.15) is 0 Å². The predicted octanol–water partition coefficient (Wildman–Crippen LogP) is 2.38. The molecule has 0 bridgehead atoms. The number of rotatable bonds is 5. The van der Waals surface area contributed by atoms with Crippen molar-refractivity contribution in [2.75, 3.05) is 0 Å². The highest BCUT2D eigenvalue weighted by Crippen LogP contribution is 2.37. The highest BCUT2D eigenvalue weighted by atomic mass is 16.5. The Morgan fingerprint density at radius 3 is 3.00 bits per heavy atom. The first-order valence-electron chi connectivity index (χ1n) is 6.26. The molecular formula is C12H18N2O3. The van der Waals surface area contributed by atoms with Crippen molar-refractivity contribution in [3.05, 3.63) is 11.7 Å². The number of aromatic nitrogens is 2. The molecule has 1 aromatic rings. The van der Waals surface area contributed by atoms with Crippen molar-refractivity contribution in [2.45, 2.75) is 51.4 Å². The fourth-order valence-corrected chi connectivity index (χ4v) is 2.30. The first-order valence-corrected chi connectivity index (χ1v) is 6.26. The lowest BCUT2D eigenvalue weighted by molar-refractivity contribution is -0.141. The molecule has 1 aliphatic rings. The molecule has 5 heteroatoms. The maximum absolute atomic E-state index is 10.9. The summed E-state index contributed by atoms with van der Waals surface area (Å²) in [5.74, 6) is 0.559. The van der Waals surface area contributed by atoms with Crippen LogP contribution in [0.5, 0.6) is 0 Å². The second-order valence-corrected chi connectivity index (χ2v) is 4.70. The summed E-state index contributed by atoms with van der Waals surface area (Å²) in [7, 11) is 0. The highest BCUT2D eigenvalue weighted by Gasteiger charge is 2.33. The van der Waals surface area contributed by atoms with Crippen LogP contribution >= 0.6 is 0 Å². The van der Waals surface area contributed by atoms with Gasteiger partial charge in [0.2, 0.25) is 5.89 Å². The van der Waals surface area contributed by atoms with Crippen LogP contribution in [0.15, 0.2) is 4.52 Å². The van der Waals surface area contributed by atoms with Gasteiger partial charge < -0.3 is 9.63 Å².